The van der Waals surface area contributed by atoms with Gasteiger partial charge in [0.25, 0.3) is 0 Å². The summed E-state index contributed by atoms with van der Waals surface area (Å²) >= 11 is 5.78. The van der Waals surface area contributed by atoms with Gasteiger partial charge in [0.15, 0.2) is 17.3 Å². The number of alkyl halides is 3. The van der Waals surface area contributed by atoms with E-state index in [4.69, 9.17) is 16.3 Å². The molecule has 1 saturated carbocycles. The van der Waals surface area contributed by atoms with E-state index in [0.717, 1.165) is 31.0 Å². The number of nitrogens with zero attached hydrogens (tertiary/aromatic N) is 2. The maximum atomic E-state index is 12.8. The van der Waals surface area contributed by atoms with E-state index in [1.165, 1.54) is 13.1 Å². The van der Waals surface area contributed by atoms with Gasteiger partial charge in [-0.05, 0) is 38.0 Å². The van der Waals surface area contributed by atoms with E-state index < -0.39 is 39.4 Å². The Morgan fingerprint density at radius 1 is 1.39 bits per heavy atom. The van der Waals surface area contributed by atoms with Gasteiger partial charge in [-0.3, -0.25) is 4.79 Å². The standard InChI is InChI=1S/C16H14ClF3N2O5S/c1-2-28(24,25)22(17)12-7-10(5-6-13(12)26-16(18,19)20)14(23)11-8-21-27-15(11)9-3-4-9/h5-9H,2-4H2,1H3. The van der Waals surface area contributed by atoms with Crippen LogP contribution in [0.3, 0.4) is 0 Å². The van der Waals surface area contributed by atoms with Crippen LogP contribution in [-0.4, -0.2) is 31.5 Å². The summed E-state index contributed by atoms with van der Waals surface area (Å²) in [4.78, 5) is 12.8. The summed E-state index contributed by atoms with van der Waals surface area (Å²) in [5.74, 6) is -1.45. The second kappa shape index (κ2) is 7.28. The number of ketones is 1. The van der Waals surface area contributed by atoms with Crippen LogP contribution in [-0.2, 0) is 10.0 Å². The van der Waals surface area contributed by atoms with Crippen LogP contribution < -0.4 is 8.56 Å². The van der Waals surface area contributed by atoms with E-state index in [1.807, 2.05) is 0 Å². The van der Waals surface area contributed by atoms with Crippen molar-refractivity contribution in [2.24, 2.45) is 0 Å². The summed E-state index contributed by atoms with van der Waals surface area (Å²) in [5.41, 5.74) is -0.555. The largest absolute Gasteiger partial charge is 0.573 e. The third-order valence-electron chi connectivity index (χ3n) is 4.04. The molecule has 0 spiro atoms. The molecule has 1 heterocycles. The lowest BCUT2D eigenvalue weighted by Crippen LogP contribution is -2.25. The Bertz CT molecular complexity index is 1000. The quantitative estimate of drug-likeness (QED) is 0.479. The van der Waals surface area contributed by atoms with Gasteiger partial charge in [-0.2, -0.15) is 3.82 Å². The van der Waals surface area contributed by atoms with Gasteiger partial charge in [0.2, 0.25) is 10.0 Å². The molecular formula is C16H14ClF3N2O5S. The molecule has 152 valence electrons. The summed E-state index contributed by atoms with van der Waals surface area (Å²) in [7, 11) is -4.13. The molecule has 1 fully saturated rings. The minimum Gasteiger partial charge on any atom is -0.403 e. The summed E-state index contributed by atoms with van der Waals surface area (Å²) in [5, 5.41) is 3.60. The Labute approximate surface area is 163 Å². The zero-order valence-corrected chi connectivity index (χ0v) is 15.9. The number of anilines is 1. The van der Waals surface area contributed by atoms with Crippen molar-refractivity contribution in [1.29, 1.82) is 0 Å². The molecule has 0 radical (unpaired) electrons. The van der Waals surface area contributed by atoms with Crippen LogP contribution in [0.2, 0.25) is 0 Å². The van der Waals surface area contributed by atoms with Gasteiger partial charge in [-0.1, -0.05) is 5.16 Å². The molecule has 0 saturated heterocycles. The molecule has 7 nitrogen and oxygen atoms in total. The maximum Gasteiger partial charge on any atom is 0.573 e. The molecule has 1 aromatic heterocycles. The molecule has 0 bridgehead atoms. The van der Waals surface area contributed by atoms with E-state index in [-0.39, 0.29) is 20.9 Å². The van der Waals surface area contributed by atoms with Crippen LogP contribution in [0.5, 0.6) is 5.75 Å². The molecule has 0 aliphatic heterocycles. The number of carbonyl (C=O) groups is 1. The molecule has 3 rings (SSSR count). The fourth-order valence-corrected chi connectivity index (χ4v) is 3.58. The molecule has 0 amide bonds. The van der Waals surface area contributed by atoms with Gasteiger partial charge in [0.1, 0.15) is 5.69 Å². The van der Waals surface area contributed by atoms with Crippen LogP contribution >= 0.6 is 11.8 Å². The van der Waals surface area contributed by atoms with E-state index in [0.29, 0.717) is 5.76 Å². The Morgan fingerprint density at radius 3 is 2.64 bits per heavy atom. The predicted molar refractivity (Wildman–Crippen MR) is 92.8 cm³/mol. The third-order valence-corrected chi connectivity index (χ3v) is 6.26. The van der Waals surface area contributed by atoms with E-state index in [1.54, 1.807) is 0 Å². The van der Waals surface area contributed by atoms with Gasteiger partial charge in [0, 0.05) is 23.3 Å². The first kappa shape index (κ1) is 20.5. The van der Waals surface area contributed by atoms with Crippen molar-refractivity contribution in [3.05, 3.63) is 41.3 Å². The topological polar surface area (TPSA) is 89.7 Å². The molecule has 12 heteroatoms. The van der Waals surface area contributed by atoms with Crippen molar-refractivity contribution >= 4 is 33.3 Å². The van der Waals surface area contributed by atoms with Crippen LogP contribution in [0, 0.1) is 0 Å². The third kappa shape index (κ3) is 4.25. The first-order valence-corrected chi connectivity index (χ1v) is 10.1. The molecule has 1 aliphatic rings. The van der Waals surface area contributed by atoms with Crippen molar-refractivity contribution < 1.29 is 35.6 Å². The summed E-state index contributed by atoms with van der Waals surface area (Å²) in [6.07, 6.45) is -2.19. The van der Waals surface area contributed by atoms with Crippen molar-refractivity contribution in [2.45, 2.75) is 32.0 Å². The number of halogens is 4. The number of rotatable bonds is 7. The predicted octanol–water partition coefficient (Wildman–Crippen LogP) is 3.99. The number of aromatic nitrogens is 1. The van der Waals surface area contributed by atoms with Crippen molar-refractivity contribution in [2.75, 3.05) is 9.58 Å². The van der Waals surface area contributed by atoms with Gasteiger partial charge in [-0.15, -0.1) is 13.2 Å². The fraction of sp³-hybridized carbons (Fsp3) is 0.375. The number of hydrogen-bond donors (Lipinski definition) is 0. The highest BCUT2D eigenvalue weighted by molar-refractivity contribution is 7.94. The Morgan fingerprint density at radius 2 is 2.07 bits per heavy atom. The highest BCUT2D eigenvalue weighted by atomic mass is 35.5. The first-order valence-electron chi connectivity index (χ1n) is 8.11. The Balaban J connectivity index is 2.05. The first-order chi connectivity index (χ1) is 13.0. The normalized spacial score (nSPS) is 14.8. The summed E-state index contributed by atoms with van der Waals surface area (Å²) in [6, 6.07) is 2.84. The van der Waals surface area contributed by atoms with Gasteiger partial charge < -0.3 is 9.26 Å². The van der Waals surface area contributed by atoms with Crippen molar-refractivity contribution in [3.63, 3.8) is 0 Å². The van der Waals surface area contributed by atoms with Crippen LogP contribution in [0.25, 0.3) is 0 Å². The minimum absolute atomic E-state index is 0.0683. The maximum absolute atomic E-state index is 12.8. The lowest BCUT2D eigenvalue weighted by Gasteiger charge is -2.20. The van der Waals surface area contributed by atoms with E-state index >= 15 is 0 Å². The highest BCUT2D eigenvalue weighted by Crippen LogP contribution is 2.42. The number of ether oxygens (including phenoxy) is 1. The van der Waals surface area contributed by atoms with Gasteiger partial charge in [0.05, 0.1) is 17.5 Å². The smallest absolute Gasteiger partial charge is 0.403 e. The number of sulfonamides is 1. The van der Waals surface area contributed by atoms with E-state index in [2.05, 4.69) is 9.89 Å². The second-order valence-corrected chi connectivity index (χ2v) is 8.70. The van der Waals surface area contributed by atoms with Crippen molar-refractivity contribution in [3.8, 4) is 5.75 Å². The lowest BCUT2D eigenvalue weighted by molar-refractivity contribution is -0.274. The summed E-state index contributed by atoms with van der Waals surface area (Å²) < 4.78 is 71.2. The molecule has 0 atom stereocenters. The Hall–Kier alpha value is -2.27. The van der Waals surface area contributed by atoms with Gasteiger partial charge >= 0.3 is 6.36 Å². The van der Waals surface area contributed by atoms with Crippen LogP contribution in [0.15, 0.2) is 28.9 Å². The fourth-order valence-electron chi connectivity index (χ4n) is 2.48. The lowest BCUT2D eigenvalue weighted by atomic mass is 10.0. The molecular weight excluding hydrogens is 425 g/mol. The average molecular weight is 439 g/mol. The van der Waals surface area contributed by atoms with E-state index in [9.17, 15) is 26.4 Å². The summed E-state index contributed by atoms with van der Waals surface area (Å²) in [6.45, 7) is 1.27. The number of hydrogen-bond acceptors (Lipinski definition) is 6. The zero-order chi connectivity index (χ0) is 20.7. The monoisotopic (exact) mass is 438 g/mol. The molecule has 0 unspecified atom stereocenters. The molecule has 1 aliphatic carbocycles. The Kier molecular flexibility index (Phi) is 5.32. The number of benzene rings is 1. The molecule has 2 aromatic rings. The van der Waals surface area contributed by atoms with Gasteiger partial charge in [-0.25, -0.2) is 8.42 Å². The second-order valence-electron chi connectivity index (χ2n) is 6.05. The SMILES string of the molecule is CCS(=O)(=O)N(Cl)c1cc(C(=O)c2cnoc2C2CC2)ccc1OC(F)(F)F. The molecule has 1 aromatic carbocycles. The zero-order valence-electron chi connectivity index (χ0n) is 14.4. The molecule has 0 N–H and O–H groups in total. The highest BCUT2D eigenvalue weighted by Gasteiger charge is 2.36. The average Bonchev–Trinajstić information content (AvgIpc) is 3.36. The minimum atomic E-state index is -5.08. The number of carbonyl (C=O) groups excluding carboxylic acids is 1. The van der Waals surface area contributed by atoms with Crippen LogP contribution in [0.1, 0.15) is 47.4 Å². The van der Waals surface area contributed by atoms with Crippen molar-refractivity contribution in [1.82, 2.24) is 5.16 Å². The van der Waals surface area contributed by atoms with Crippen LogP contribution in [0.4, 0.5) is 18.9 Å². The molecule has 28 heavy (non-hydrogen) atoms.